The number of nitrogens with zero attached hydrogens (tertiary/aromatic N) is 3. The van der Waals surface area contributed by atoms with Crippen LogP contribution in [0.15, 0.2) is 16.9 Å². The zero-order valence-corrected chi connectivity index (χ0v) is 13.4. The number of aromatic nitrogens is 2. The van der Waals surface area contributed by atoms with Crippen LogP contribution >= 0.6 is 0 Å². The highest BCUT2D eigenvalue weighted by Crippen LogP contribution is 2.49. The molecule has 118 valence electrons. The van der Waals surface area contributed by atoms with Crippen molar-refractivity contribution in [2.45, 2.75) is 39.0 Å². The van der Waals surface area contributed by atoms with Gasteiger partial charge in [-0.2, -0.15) is 5.26 Å². The maximum Gasteiger partial charge on any atom is 0.268 e. The molecule has 3 heterocycles. The molecule has 5 heteroatoms. The lowest BCUT2D eigenvalue weighted by atomic mass is 9.63. The maximum absolute atomic E-state index is 12.3. The number of hydrogen-bond donors (Lipinski definition) is 1. The summed E-state index contributed by atoms with van der Waals surface area (Å²) in [5, 5.41) is 9.49. The van der Waals surface area contributed by atoms with Crippen LogP contribution in [-0.4, -0.2) is 23.1 Å². The Labute approximate surface area is 135 Å². The van der Waals surface area contributed by atoms with Gasteiger partial charge in [0.15, 0.2) is 0 Å². The summed E-state index contributed by atoms with van der Waals surface area (Å²) in [7, 11) is 0. The summed E-state index contributed by atoms with van der Waals surface area (Å²) in [6.45, 7) is 3.74. The van der Waals surface area contributed by atoms with Crippen LogP contribution in [0.3, 0.4) is 0 Å². The second kappa shape index (κ2) is 5.09. The lowest BCUT2D eigenvalue weighted by Crippen LogP contribution is -2.44. The minimum Gasteiger partial charge on any atom is -0.368 e. The molecule has 2 aromatic rings. The molecule has 1 saturated heterocycles. The van der Waals surface area contributed by atoms with Crippen LogP contribution in [0, 0.1) is 23.7 Å². The van der Waals surface area contributed by atoms with Crippen molar-refractivity contribution in [1.29, 1.82) is 5.26 Å². The smallest absolute Gasteiger partial charge is 0.268 e. The lowest BCUT2D eigenvalue weighted by molar-refractivity contribution is 0.0955. The Morgan fingerprint density at radius 2 is 2.00 bits per heavy atom. The largest absolute Gasteiger partial charge is 0.368 e. The molecule has 0 radical (unpaired) electrons. The molecule has 1 N–H and O–H groups in total. The summed E-state index contributed by atoms with van der Waals surface area (Å²) in [6.07, 6.45) is 6.31. The molecule has 0 amide bonds. The molecular formula is C18H20N4O. The van der Waals surface area contributed by atoms with Crippen molar-refractivity contribution in [2.75, 3.05) is 18.0 Å². The van der Waals surface area contributed by atoms with Gasteiger partial charge in [0.2, 0.25) is 0 Å². The predicted molar refractivity (Wildman–Crippen MR) is 89.5 cm³/mol. The maximum atomic E-state index is 12.3. The molecule has 2 fully saturated rings. The van der Waals surface area contributed by atoms with Gasteiger partial charge in [-0.15, -0.1) is 0 Å². The van der Waals surface area contributed by atoms with Gasteiger partial charge < -0.3 is 9.88 Å². The fraction of sp³-hybridized carbons (Fsp3) is 0.500. The first-order valence-electron chi connectivity index (χ1n) is 8.31. The molecule has 2 aromatic heterocycles. The SMILES string of the molecule is Cc1ccc2[nH]c(=O)c(C#N)c(N3CCC4(CCC4)CC3)c2n1. The van der Waals surface area contributed by atoms with Gasteiger partial charge >= 0.3 is 0 Å². The van der Waals surface area contributed by atoms with E-state index in [1.807, 2.05) is 19.1 Å². The number of pyridine rings is 2. The molecule has 1 aliphatic carbocycles. The Kier molecular flexibility index (Phi) is 3.15. The van der Waals surface area contributed by atoms with E-state index in [0.717, 1.165) is 42.8 Å². The fourth-order valence-electron chi connectivity index (χ4n) is 4.04. The van der Waals surface area contributed by atoms with E-state index in [9.17, 15) is 10.1 Å². The van der Waals surface area contributed by atoms with E-state index >= 15 is 0 Å². The fourth-order valence-corrected chi connectivity index (χ4v) is 4.04. The van der Waals surface area contributed by atoms with Gasteiger partial charge in [0.05, 0.1) is 11.2 Å². The number of nitriles is 1. The zero-order chi connectivity index (χ0) is 16.0. The van der Waals surface area contributed by atoms with Crippen LogP contribution in [0.5, 0.6) is 0 Å². The monoisotopic (exact) mass is 308 g/mol. The van der Waals surface area contributed by atoms with Crippen LogP contribution in [0.1, 0.15) is 43.4 Å². The molecular weight excluding hydrogens is 288 g/mol. The first-order chi connectivity index (χ1) is 11.1. The van der Waals surface area contributed by atoms with Crippen LogP contribution < -0.4 is 10.5 Å². The topological polar surface area (TPSA) is 72.8 Å². The third-order valence-electron chi connectivity index (χ3n) is 5.64. The van der Waals surface area contributed by atoms with Gasteiger partial charge in [-0.05, 0) is 50.2 Å². The van der Waals surface area contributed by atoms with Crippen molar-refractivity contribution in [3.8, 4) is 6.07 Å². The molecule has 1 aliphatic heterocycles. The third kappa shape index (κ3) is 2.21. The molecule has 1 spiro atoms. The Hall–Kier alpha value is -2.35. The number of piperidine rings is 1. The molecule has 2 aliphatic rings. The van der Waals surface area contributed by atoms with Crippen LogP contribution in [0.4, 0.5) is 5.69 Å². The summed E-state index contributed by atoms with van der Waals surface area (Å²) in [6, 6.07) is 5.85. The summed E-state index contributed by atoms with van der Waals surface area (Å²) in [5.41, 5.74) is 3.48. The molecule has 0 aromatic carbocycles. The van der Waals surface area contributed by atoms with Gasteiger partial charge in [-0.1, -0.05) is 6.42 Å². The van der Waals surface area contributed by atoms with E-state index in [1.54, 1.807) is 0 Å². The lowest BCUT2D eigenvalue weighted by Gasteiger charge is -2.48. The van der Waals surface area contributed by atoms with Crippen molar-refractivity contribution in [3.05, 3.63) is 33.7 Å². The number of aryl methyl sites for hydroxylation is 1. The molecule has 1 saturated carbocycles. The van der Waals surface area contributed by atoms with Gasteiger partial charge in [0.25, 0.3) is 5.56 Å². The van der Waals surface area contributed by atoms with Crippen LogP contribution in [0.25, 0.3) is 11.0 Å². The molecule has 0 atom stereocenters. The van der Waals surface area contributed by atoms with Crippen molar-refractivity contribution in [3.63, 3.8) is 0 Å². The summed E-state index contributed by atoms with van der Waals surface area (Å²) >= 11 is 0. The highest BCUT2D eigenvalue weighted by atomic mass is 16.1. The average Bonchev–Trinajstić information content (AvgIpc) is 2.53. The number of H-pyrrole nitrogens is 1. The molecule has 23 heavy (non-hydrogen) atoms. The quantitative estimate of drug-likeness (QED) is 0.879. The van der Waals surface area contributed by atoms with E-state index in [4.69, 9.17) is 0 Å². The van der Waals surface area contributed by atoms with Crippen molar-refractivity contribution in [1.82, 2.24) is 9.97 Å². The Morgan fingerprint density at radius 1 is 1.26 bits per heavy atom. The van der Waals surface area contributed by atoms with Crippen molar-refractivity contribution < 1.29 is 0 Å². The molecule has 0 bridgehead atoms. The zero-order valence-electron chi connectivity index (χ0n) is 13.4. The number of nitrogens with one attached hydrogen (secondary N) is 1. The molecule has 0 unspecified atom stereocenters. The van der Waals surface area contributed by atoms with Gasteiger partial charge in [0.1, 0.15) is 17.1 Å². The van der Waals surface area contributed by atoms with Gasteiger partial charge in [-0.25, -0.2) is 4.98 Å². The van der Waals surface area contributed by atoms with Crippen molar-refractivity contribution in [2.24, 2.45) is 5.41 Å². The Bertz CT molecular complexity index is 863. The summed E-state index contributed by atoms with van der Waals surface area (Å²) in [4.78, 5) is 21.9. The van der Waals surface area contributed by atoms with Crippen LogP contribution in [0.2, 0.25) is 0 Å². The number of anilines is 1. The highest BCUT2D eigenvalue weighted by Gasteiger charge is 2.40. The molecule has 5 nitrogen and oxygen atoms in total. The van der Waals surface area contributed by atoms with E-state index in [1.165, 1.54) is 19.3 Å². The average molecular weight is 308 g/mol. The van der Waals surface area contributed by atoms with E-state index < -0.39 is 0 Å². The Balaban J connectivity index is 1.83. The first kappa shape index (κ1) is 14.3. The Morgan fingerprint density at radius 3 is 2.61 bits per heavy atom. The number of rotatable bonds is 1. The normalized spacial score (nSPS) is 19.6. The minimum atomic E-state index is -0.315. The summed E-state index contributed by atoms with van der Waals surface area (Å²) in [5.74, 6) is 0. The summed E-state index contributed by atoms with van der Waals surface area (Å²) < 4.78 is 0. The second-order valence-electron chi connectivity index (χ2n) is 6.98. The number of hydrogen-bond acceptors (Lipinski definition) is 4. The van der Waals surface area contributed by atoms with E-state index in [2.05, 4.69) is 20.9 Å². The van der Waals surface area contributed by atoms with E-state index in [0.29, 0.717) is 10.9 Å². The number of fused-ring (bicyclic) bond motifs is 1. The molecule has 4 rings (SSSR count). The highest BCUT2D eigenvalue weighted by molar-refractivity contribution is 5.91. The van der Waals surface area contributed by atoms with Crippen LogP contribution in [-0.2, 0) is 0 Å². The van der Waals surface area contributed by atoms with Crippen molar-refractivity contribution >= 4 is 16.7 Å². The third-order valence-corrected chi connectivity index (χ3v) is 5.64. The first-order valence-corrected chi connectivity index (χ1v) is 8.31. The predicted octanol–water partition coefficient (Wildman–Crippen LogP) is 2.87. The van der Waals surface area contributed by atoms with E-state index in [-0.39, 0.29) is 11.1 Å². The van der Waals surface area contributed by atoms with Gasteiger partial charge in [-0.3, -0.25) is 4.79 Å². The standard InChI is InChI=1S/C18H20N4O/c1-12-3-4-14-15(20-12)16(13(11-19)17(23)21-14)22-9-7-18(8-10-22)5-2-6-18/h3-4H,2,5-10H2,1H3,(H,21,23). The number of aromatic amines is 1. The second-order valence-corrected chi connectivity index (χ2v) is 6.98. The minimum absolute atomic E-state index is 0.195. The van der Waals surface area contributed by atoms with Gasteiger partial charge in [0, 0.05) is 18.8 Å².